The highest BCUT2D eigenvalue weighted by atomic mass is 32.2. The summed E-state index contributed by atoms with van der Waals surface area (Å²) in [6.45, 7) is 5.68. The van der Waals surface area contributed by atoms with Gasteiger partial charge in [0.1, 0.15) is 11.6 Å². The molecule has 0 atom stereocenters. The van der Waals surface area contributed by atoms with Crippen molar-refractivity contribution in [3.8, 4) is 5.82 Å². The minimum absolute atomic E-state index is 0.814. The minimum atomic E-state index is 0.814. The molecule has 4 heterocycles. The van der Waals surface area contributed by atoms with Crippen molar-refractivity contribution >= 4 is 23.4 Å². The van der Waals surface area contributed by atoms with Gasteiger partial charge >= 0.3 is 0 Å². The van der Waals surface area contributed by atoms with Gasteiger partial charge in [0.15, 0.2) is 11.0 Å². The second kappa shape index (κ2) is 7.33. The molecule has 3 aromatic rings. The molecule has 4 rings (SSSR count). The van der Waals surface area contributed by atoms with Crippen molar-refractivity contribution in [1.82, 2.24) is 24.7 Å². The summed E-state index contributed by atoms with van der Waals surface area (Å²) in [5.41, 5.74) is 1.13. The molecule has 0 aliphatic carbocycles. The Kier molecular flexibility index (Phi) is 4.75. The van der Waals surface area contributed by atoms with Crippen LogP contribution in [0.25, 0.3) is 5.82 Å². The Morgan fingerprint density at radius 1 is 0.923 bits per heavy atom. The number of aromatic nitrogens is 5. The Morgan fingerprint density at radius 2 is 1.62 bits per heavy atom. The van der Waals surface area contributed by atoms with Crippen LogP contribution in [0.4, 0.5) is 11.6 Å². The number of hydrogen-bond donors (Lipinski definition) is 0. The SMILES string of the molecule is CSc1nccc(N2CCN(c3cccc(-n4cc(C)cn4)n3)CC2)n1. The lowest BCUT2D eigenvalue weighted by molar-refractivity contribution is 0.636. The van der Waals surface area contributed by atoms with E-state index in [0.29, 0.717) is 0 Å². The smallest absolute Gasteiger partial charge is 0.189 e. The van der Waals surface area contributed by atoms with Crippen molar-refractivity contribution in [2.24, 2.45) is 0 Å². The lowest BCUT2D eigenvalue weighted by atomic mass is 10.3. The fraction of sp³-hybridized carbons (Fsp3) is 0.333. The van der Waals surface area contributed by atoms with Crippen LogP contribution in [0, 0.1) is 6.92 Å². The number of hydrogen-bond acceptors (Lipinski definition) is 7. The summed E-state index contributed by atoms with van der Waals surface area (Å²) in [6, 6.07) is 8.06. The first-order valence-electron chi connectivity index (χ1n) is 8.58. The van der Waals surface area contributed by atoms with E-state index in [-0.39, 0.29) is 0 Å². The molecule has 26 heavy (non-hydrogen) atoms. The summed E-state index contributed by atoms with van der Waals surface area (Å²) in [6.07, 6.45) is 7.66. The van der Waals surface area contributed by atoms with Crippen molar-refractivity contribution in [3.63, 3.8) is 0 Å². The third-order valence-corrected chi connectivity index (χ3v) is 4.96. The molecule has 0 unspecified atom stereocenters. The molecule has 3 aromatic heterocycles. The maximum absolute atomic E-state index is 4.78. The summed E-state index contributed by atoms with van der Waals surface area (Å²) in [7, 11) is 0. The third kappa shape index (κ3) is 3.50. The van der Waals surface area contributed by atoms with Crippen molar-refractivity contribution in [2.45, 2.75) is 12.1 Å². The largest absolute Gasteiger partial charge is 0.353 e. The lowest BCUT2D eigenvalue weighted by Crippen LogP contribution is -2.47. The van der Waals surface area contributed by atoms with Crippen molar-refractivity contribution in [3.05, 3.63) is 48.4 Å². The third-order valence-electron chi connectivity index (χ3n) is 4.40. The van der Waals surface area contributed by atoms with Crippen LogP contribution in [0.15, 0.2) is 48.0 Å². The molecule has 0 radical (unpaired) electrons. The highest BCUT2D eigenvalue weighted by molar-refractivity contribution is 7.98. The number of rotatable bonds is 4. The van der Waals surface area contributed by atoms with Gasteiger partial charge in [-0.1, -0.05) is 17.8 Å². The van der Waals surface area contributed by atoms with E-state index in [1.165, 1.54) is 0 Å². The van der Waals surface area contributed by atoms with E-state index in [2.05, 4.69) is 30.9 Å². The van der Waals surface area contributed by atoms with Crippen molar-refractivity contribution in [1.29, 1.82) is 0 Å². The molecule has 134 valence electrons. The fourth-order valence-corrected chi connectivity index (χ4v) is 3.38. The Balaban J connectivity index is 1.46. The van der Waals surface area contributed by atoms with Gasteiger partial charge in [-0.25, -0.2) is 19.6 Å². The van der Waals surface area contributed by atoms with E-state index < -0.39 is 0 Å². The topological polar surface area (TPSA) is 63.0 Å². The predicted molar refractivity (Wildman–Crippen MR) is 104 cm³/mol. The van der Waals surface area contributed by atoms with Gasteiger partial charge < -0.3 is 9.80 Å². The summed E-state index contributed by atoms with van der Waals surface area (Å²) in [5.74, 6) is 2.83. The van der Waals surface area contributed by atoms with Crippen molar-refractivity contribution < 1.29 is 0 Å². The first-order valence-corrected chi connectivity index (χ1v) is 9.81. The van der Waals surface area contributed by atoms with Crippen LogP contribution in [0.1, 0.15) is 5.56 Å². The van der Waals surface area contributed by atoms with Crippen LogP contribution in [0.5, 0.6) is 0 Å². The molecule has 0 bridgehead atoms. The quantitative estimate of drug-likeness (QED) is 0.518. The Bertz CT molecular complexity index is 887. The Hall–Kier alpha value is -2.61. The fourth-order valence-electron chi connectivity index (χ4n) is 3.02. The zero-order valence-corrected chi connectivity index (χ0v) is 15.7. The highest BCUT2D eigenvalue weighted by Crippen LogP contribution is 2.20. The zero-order chi connectivity index (χ0) is 17.9. The van der Waals surface area contributed by atoms with Gasteiger partial charge in [0, 0.05) is 38.6 Å². The molecule has 0 saturated carbocycles. The maximum Gasteiger partial charge on any atom is 0.189 e. The summed E-state index contributed by atoms with van der Waals surface area (Å²) < 4.78 is 1.82. The average Bonchev–Trinajstić information content (AvgIpc) is 3.15. The number of anilines is 2. The van der Waals surface area contributed by atoms with Gasteiger partial charge in [0.25, 0.3) is 0 Å². The van der Waals surface area contributed by atoms with Crippen LogP contribution in [-0.4, -0.2) is 57.2 Å². The zero-order valence-electron chi connectivity index (χ0n) is 14.9. The van der Waals surface area contributed by atoms with E-state index >= 15 is 0 Å². The van der Waals surface area contributed by atoms with E-state index in [1.54, 1.807) is 11.8 Å². The van der Waals surface area contributed by atoms with Gasteiger partial charge in [-0.15, -0.1) is 0 Å². The summed E-state index contributed by atoms with van der Waals surface area (Å²) in [5, 5.41) is 5.17. The van der Waals surface area contributed by atoms with E-state index in [4.69, 9.17) is 4.98 Å². The Labute approximate surface area is 157 Å². The van der Waals surface area contributed by atoms with Crippen LogP contribution in [-0.2, 0) is 0 Å². The number of pyridine rings is 1. The molecule has 1 aliphatic rings. The molecule has 0 spiro atoms. The number of thioether (sulfide) groups is 1. The normalized spacial score (nSPS) is 14.7. The van der Waals surface area contributed by atoms with E-state index in [0.717, 1.165) is 54.4 Å². The second-order valence-corrected chi connectivity index (χ2v) is 6.97. The first-order chi connectivity index (χ1) is 12.7. The molecule has 1 saturated heterocycles. The van der Waals surface area contributed by atoms with Gasteiger partial charge in [-0.3, -0.25) is 0 Å². The molecule has 8 heteroatoms. The molecule has 0 amide bonds. The molecule has 1 fully saturated rings. The van der Waals surface area contributed by atoms with Crippen molar-refractivity contribution in [2.75, 3.05) is 42.2 Å². The summed E-state index contributed by atoms with van der Waals surface area (Å²) in [4.78, 5) is 18.3. The molecule has 1 aliphatic heterocycles. The lowest BCUT2D eigenvalue weighted by Gasteiger charge is -2.36. The number of aryl methyl sites for hydroxylation is 1. The maximum atomic E-state index is 4.78. The molecule has 7 nitrogen and oxygen atoms in total. The number of piperazine rings is 1. The van der Waals surface area contributed by atoms with Crippen LogP contribution in [0.3, 0.4) is 0 Å². The molecular weight excluding hydrogens is 346 g/mol. The first kappa shape index (κ1) is 16.8. The molecular formula is C18H21N7S. The highest BCUT2D eigenvalue weighted by Gasteiger charge is 2.20. The predicted octanol–water partition coefficient (Wildman–Crippen LogP) is 2.41. The monoisotopic (exact) mass is 367 g/mol. The van der Waals surface area contributed by atoms with E-state index in [1.807, 2.05) is 54.7 Å². The van der Waals surface area contributed by atoms with Crippen LogP contribution >= 0.6 is 11.8 Å². The molecule has 0 N–H and O–H groups in total. The van der Waals surface area contributed by atoms with E-state index in [9.17, 15) is 0 Å². The molecule has 0 aromatic carbocycles. The van der Waals surface area contributed by atoms with Crippen LogP contribution in [0.2, 0.25) is 0 Å². The van der Waals surface area contributed by atoms with Crippen LogP contribution < -0.4 is 9.80 Å². The van der Waals surface area contributed by atoms with Gasteiger partial charge in [0.2, 0.25) is 0 Å². The average molecular weight is 367 g/mol. The Morgan fingerprint density at radius 3 is 2.27 bits per heavy atom. The standard InChI is InChI=1S/C18H21N7S/c1-14-12-20-25(13-14)17-5-3-4-15(21-17)23-8-10-24(11-9-23)16-6-7-19-18(22-16)26-2/h3-7,12-13H,8-11H2,1-2H3. The summed E-state index contributed by atoms with van der Waals surface area (Å²) >= 11 is 1.57. The minimum Gasteiger partial charge on any atom is -0.353 e. The van der Waals surface area contributed by atoms with Gasteiger partial charge in [0.05, 0.1) is 6.20 Å². The van der Waals surface area contributed by atoms with Gasteiger partial charge in [-0.2, -0.15) is 5.10 Å². The van der Waals surface area contributed by atoms with Gasteiger partial charge in [-0.05, 0) is 36.9 Å². The number of nitrogens with zero attached hydrogens (tertiary/aromatic N) is 7. The second-order valence-electron chi connectivity index (χ2n) is 6.19.